The summed E-state index contributed by atoms with van der Waals surface area (Å²) in [4.78, 5) is 64.7. The first kappa shape index (κ1) is 54.0. The largest absolute Gasteiger partial charge is 0.497 e. The predicted octanol–water partition coefficient (Wildman–Crippen LogP) is 8.15. The van der Waals surface area contributed by atoms with Gasteiger partial charge < -0.3 is 38.1 Å². The maximum Gasteiger partial charge on any atom is 0.306 e. The molecule has 3 aromatic carbocycles. The van der Waals surface area contributed by atoms with Gasteiger partial charge >= 0.3 is 11.9 Å². The molecule has 1 aliphatic rings. The van der Waals surface area contributed by atoms with Gasteiger partial charge in [0, 0.05) is 5.92 Å². The van der Waals surface area contributed by atoms with E-state index in [0.29, 0.717) is 22.6 Å². The van der Waals surface area contributed by atoms with E-state index in [1.165, 1.54) is 26.0 Å². The maximum atomic E-state index is 13.5. The van der Waals surface area contributed by atoms with Crippen LogP contribution in [0, 0.1) is 5.92 Å². The van der Waals surface area contributed by atoms with Gasteiger partial charge in [-0.2, -0.15) is 4.98 Å². The lowest BCUT2D eigenvalue weighted by Gasteiger charge is -2.44. The maximum absolute atomic E-state index is 13.5. The Kier molecular flexibility index (Phi) is 18.5. The van der Waals surface area contributed by atoms with Gasteiger partial charge in [0.15, 0.2) is 25.7 Å². The van der Waals surface area contributed by atoms with Crippen LogP contribution in [-0.2, 0) is 38.6 Å². The fraction of sp³-hybridized carbons (Fsp3) is 0.490. The molecule has 1 fully saturated rings. The van der Waals surface area contributed by atoms with Crippen molar-refractivity contribution in [2.45, 2.75) is 117 Å². The quantitative estimate of drug-likeness (QED) is 0.0383. The van der Waals surface area contributed by atoms with Crippen molar-refractivity contribution in [1.29, 1.82) is 0 Å². The first-order valence-corrected chi connectivity index (χ1v) is 26.4. The van der Waals surface area contributed by atoms with Crippen molar-refractivity contribution in [1.82, 2.24) is 24.4 Å². The third-order valence-corrected chi connectivity index (χ3v) is 17.2. The molecular formula is C51H70N6O11Si. The number of hydrogen-bond acceptors (Lipinski definition) is 13. The van der Waals surface area contributed by atoms with Crippen LogP contribution in [-0.4, -0.2) is 114 Å². The normalized spacial score (nSPS) is 17.4. The summed E-state index contributed by atoms with van der Waals surface area (Å²) in [6.07, 6.45) is -3.55. The average molecular weight is 971 g/mol. The predicted molar refractivity (Wildman–Crippen MR) is 266 cm³/mol. The summed E-state index contributed by atoms with van der Waals surface area (Å²) < 4.78 is 40.5. The number of fused-ring (bicyclic) bond motifs is 1. The number of benzene rings is 3. The van der Waals surface area contributed by atoms with Gasteiger partial charge in [0.25, 0.3) is 5.56 Å². The Morgan fingerprint density at radius 1 is 0.855 bits per heavy atom. The molecule has 17 nitrogen and oxygen atoms in total. The second-order valence-corrected chi connectivity index (χ2v) is 23.3. The molecule has 5 aromatic rings. The summed E-state index contributed by atoms with van der Waals surface area (Å²) in [6, 6.07) is 24.7. The van der Waals surface area contributed by atoms with Crippen molar-refractivity contribution < 1.29 is 47.6 Å². The number of nitrogens with zero attached hydrogens (tertiary/aromatic N) is 4. The van der Waals surface area contributed by atoms with Gasteiger partial charge in [-0.15, -0.1) is 0 Å². The number of amides is 1. The monoisotopic (exact) mass is 970 g/mol. The number of methoxy groups -OCH3 is 2. The number of aromatic nitrogens is 4. The van der Waals surface area contributed by atoms with Crippen LogP contribution >= 0.6 is 0 Å². The van der Waals surface area contributed by atoms with E-state index in [0.717, 1.165) is 5.56 Å². The molecule has 4 atom stereocenters. The number of hydrogen-bond donors (Lipinski definition) is 3. The molecule has 1 aliphatic heterocycles. The minimum Gasteiger partial charge on any atom is -0.497 e. The van der Waals surface area contributed by atoms with Crippen LogP contribution in [0.25, 0.3) is 11.2 Å². The highest BCUT2D eigenvalue weighted by Gasteiger charge is 2.55. The van der Waals surface area contributed by atoms with Gasteiger partial charge in [-0.1, -0.05) is 110 Å². The number of imidazole rings is 1. The minimum atomic E-state index is -2.77. The fourth-order valence-electron chi connectivity index (χ4n) is 7.64. The number of aliphatic carboxylic acids is 1. The van der Waals surface area contributed by atoms with Gasteiger partial charge in [-0.25, -0.2) is 4.98 Å². The molecule has 0 spiro atoms. The number of carbonyl (C=O) groups excluding carboxylic acids is 2. The molecule has 18 heteroatoms. The summed E-state index contributed by atoms with van der Waals surface area (Å²) >= 11 is 0. The molecule has 0 radical (unpaired) electrons. The molecule has 3 N–H and O–H groups in total. The Balaban J connectivity index is 0.00000118. The molecule has 69 heavy (non-hydrogen) atoms. The molecule has 1 saturated heterocycles. The Bertz CT molecular complexity index is 2470. The van der Waals surface area contributed by atoms with Crippen LogP contribution in [0.3, 0.4) is 0 Å². The number of nitrogens with one attached hydrogen (secondary N) is 2. The second-order valence-electron chi connectivity index (χ2n) is 18.6. The van der Waals surface area contributed by atoms with E-state index in [-0.39, 0.29) is 41.1 Å². The van der Waals surface area contributed by atoms with E-state index in [9.17, 15) is 24.3 Å². The summed E-state index contributed by atoms with van der Waals surface area (Å²) in [7, 11) is 0.403. The van der Waals surface area contributed by atoms with E-state index >= 15 is 0 Å². The van der Waals surface area contributed by atoms with Crippen molar-refractivity contribution in [3.63, 3.8) is 0 Å². The number of anilines is 1. The lowest BCUT2D eigenvalue weighted by Crippen LogP contribution is -2.52. The van der Waals surface area contributed by atoms with Crippen LogP contribution in [0.4, 0.5) is 5.95 Å². The summed E-state index contributed by atoms with van der Waals surface area (Å²) in [5, 5.41) is 11.7. The zero-order valence-electron chi connectivity index (χ0n) is 42.0. The topological polar surface area (TPSA) is 206 Å². The van der Waals surface area contributed by atoms with Crippen molar-refractivity contribution in [3.05, 3.63) is 112 Å². The van der Waals surface area contributed by atoms with E-state index < -0.39 is 68.3 Å². The molecule has 1 amide bonds. The number of carbonyl (C=O) groups is 3. The van der Waals surface area contributed by atoms with Crippen LogP contribution in [0.1, 0.15) is 91.1 Å². The number of aromatic amines is 1. The molecule has 2 aromatic heterocycles. The Hall–Kier alpha value is -5.92. The van der Waals surface area contributed by atoms with Crippen LogP contribution in [0.5, 0.6) is 11.5 Å². The average Bonchev–Trinajstić information content (AvgIpc) is 3.90. The summed E-state index contributed by atoms with van der Waals surface area (Å²) in [5.74, 6) is -1.49. The third kappa shape index (κ3) is 12.8. The Morgan fingerprint density at radius 3 is 1.88 bits per heavy atom. The number of carboxylic acids is 1. The van der Waals surface area contributed by atoms with Crippen molar-refractivity contribution in [2.24, 2.45) is 5.92 Å². The molecule has 0 unspecified atom stereocenters. The van der Waals surface area contributed by atoms with Gasteiger partial charge in [0.2, 0.25) is 11.9 Å². The highest BCUT2D eigenvalue weighted by molar-refractivity contribution is 6.74. The minimum absolute atomic E-state index is 0.0154. The van der Waals surface area contributed by atoms with Crippen molar-refractivity contribution >= 4 is 43.3 Å². The van der Waals surface area contributed by atoms with Crippen LogP contribution < -0.4 is 20.3 Å². The summed E-state index contributed by atoms with van der Waals surface area (Å²) in [5.41, 5.74) is 0.267. The summed E-state index contributed by atoms with van der Waals surface area (Å²) in [6.45, 7) is 23.7. The zero-order valence-corrected chi connectivity index (χ0v) is 43.0. The smallest absolute Gasteiger partial charge is 0.306 e. The number of esters is 1. The van der Waals surface area contributed by atoms with Gasteiger partial charge in [-0.3, -0.25) is 34.0 Å². The Labute approximate surface area is 406 Å². The fourth-order valence-corrected chi connectivity index (χ4v) is 8.93. The standard InChI is InChI=1S/C45H55N5O11Si.C6H15N/c1-27(2)40(54)48-43-47-39-36(41(55)49-43)46-26-50(39)42-38(61-62(8,9)44(3,4)5)37(33(59-42)25-58-35(53)24-23-34(51)52)60-45(28-13-11-10-12-14-28,29-15-19-31(56-6)20-16-29)30-17-21-32(57-7)22-18-30;1-4-7(5-2)6-3/h10-22,26-27,33,37-38,42H,23-25H2,1-9H3,(H,51,52)(H2,47,48,49,54,55);4-6H2,1-3H3/t33-,37-,38-,42-;/m1./s1. The highest BCUT2D eigenvalue weighted by atomic mass is 28.4. The SMILES string of the molecule is CCN(CC)CC.COc1ccc(C(O[C@H]2[C@@H](O[Si](C)(C)C(C)(C)C)[C@H](n3cnc4c(=O)[nH]c(NC(=O)C(C)C)nc43)O[C@@H]2COC(=O)CCC(=O)O)(c2ccccc2)c2ccc(OC)cc2)cc1. The highest BCUT2D eigenvalue weighted by Crippen LogP contribution is 2.49. The van der Waals surface area contributed by atoms with Crippen molar-refractivity contribution in [3.8, 4) is 11.5 Å². The number of rotatable bonds is 20. The number of ether oxygens (including phenoxy) is 5. The van der Waals surface area contributed by atoms with Gasteiger partial charge in [0.1, 0.15) is 42.0 Å². The lowest BCUT2D eigenvalue weighted by molar-refractivity contribution is -0.156. The van der Waals surface area contributed by atoms with Gasteiger partial charge in [-0.05, 0) is 78.7 Å². The number of H-pyrrole nitrogens is 1. The lowest BCUT2D eigenvalue weighted by atomic mass is 9.79. The first-order chi connectivity index (χ1) is 32.7. The second kappa shape index (κ2) is 23.6. The molecule has 0 bridgehead atoms. The molecule has 0 saturated carbocycles. The van der Waals surface area contributed by atoms with Crippen LogP contribution in [0.15, 0.2) is 90.0 Å². The van der Waals surface area contributed by atoms with E-state index in [1.54, 1.807) is 32.6 Å². The van der Waals surface area contributed by atoms with Crippen molar-refractivity contribution in [2.75, 3.05) is 45.8 Å². The zero-order chi connectivity index (χ0) is 50.7. The molecule has 6 rings (SSSR count). The third-order valence-electron chi connectivity index (χ3n) is 12.8. The first-order valence-electron chi connectivity index (χ1n) is 23.5. The molecule has 3 heterocycles. The molecule has 0 aliphatic carbocycles. The van der Waals surface area contributed by atoms with E-state index in [2.05, 4.69) is 79.8 Å². The van der Waals surface area contributed by atoms with Crippen LogP contribution in [0.2, 0.25) is 18.1 Å². The van der Waals surface area contributed by atoms with Gasteiger partial charge in [0.05, 0.1) is 33.4 Å². The Morgan fingerprint density at radius 2 is 1.41 bits per heavy atom. The molecular weight excluding hydrogens is 901 g/mol. The van der Waals surface area contributed by atoms with E-state index in [1.807, 2.05) is 78.9 Å². The number of carboxylic acid groups (broad SMARTS) is 1. The molecule has 374 valence electrons. The van der Waals surface area contributed by atoms with E-state index in [4.69, 9.17) is 28.1 Å².